The lowest BCUT2D eigenvalue weighted by Gasteiger charge is -2.40. The first kappa shape index (κ1) is 68.9. The summed E-state index contributed by atoms with van der Waals surface area (Å²) in [5, 5.41) is 54.8. The van der Waals surface area contributed by atoms with Crippen LogP contribution in [-0.2, 0) is 14.3 Å². The van der Waals surface area contributed by atoms with Gasteiger partial charge < -0.3 is 40.3 Å². The van der Waals surface area contributed by atoms with Crippen molar-refractivity contribution in [2.75, 3.05) is 13.2 Å². The summed E-state index contributed by atoms with van der Waals surface area (Å²) in [6.45, 7) is 3.89. The highest BCUT2D eigenvalue weighted by Gasteiger charge is 2.44. The summed E-state index contributed by atoms with van der Waals surface area (Å²) in [6, 6.07) is -0.717. The highest BCUT2D eigenvalue weighted by atomic mass is 16.7. The van der Waals surface area contributed by atoms with E-state index in [0.29, 0.717) is 12.8 Å². The molecule has 0 saturated carbocycles. The van der Waals surface area contributed by atoms with Gasteiger partial charge in [-0.1, -0.05) is 296 Å². The summed E-state index contributed by atoms with van der Waals surface area (Å²) in [6.07, 6.45) is 59.7. The molecule has 1 aliphatic rings. The van der Waals surface area contributed by atoms with E-state index in [-0.39, 0.29) is 12.5 Å². The monoisotopic (exact) mass is 1020 g/mol. The molecule has 7 atom stereocenters. The lowest BCUT2D eigenvalue weighted by atomic mass is 9.99. The first-order valence-electron chi connectivity index (χ1n) is 31.9. The average molecular weight is 1020 g/mol. The number of aliphatic hydroxyl groups is 5. The maximum absolute atomic E-state index is 13.1. The van der Waals surface area contributed by atoms with Gasteiger partial charge >= 0.3 is 0 Å². The van der Waals surface area contributed by atoms with Gasteiger partial charge in [0.2, 0.25) is 5.91 Å². The van der Waals surface area contributed by atoms with Gasteiger partial charge in [0.25, 0.3) is 0 Å². The van der Waals surface area contributed by atoms with Crippen LogP contribution in [0.2, 0.25) is 0 Å². The fraction of sp³-hybridized carbons (Fsp3) is 0.952. The summed E-state index contributed by atoms with van der Waals surface area (Å²) >= 11 is 0. The smallest absolute Gasteiger partial charge is 0.220 e. The van der Waals surface area contributed by atoms with Crippen LogP contribution in [0.15, 0.2) is 12.2 Å². The average Bonchev–Trinajstić information content (AvgIpc) is 3.38. The SMILES string of the molecule is CCCCCCCCCCCCCC/C=C\CCCCCCCCCCCCCCC(=O)NC(COC1OC(CO)C(O)C(O)C1O)C(O)CCCCCCCCCCCCCCCCCCCCCCC. The lowest BCUT2D eigenvalue weighted by Crippen LogP contribution is -2.60. The summed E-state index contributed by atoms with van der Waals surface area (Å²) in [5.41, 5.74) is 0. The second kappa shape index (κ2) is 53.3. The van der Waals surface area contributed by atoms with E-state index in [4.69, 9.17) is 9.47 Å². The molecule has 1 aliphatic heterocycles. The minimum atomic E-state index is -1.55. The van der Waals surface area contributed by atoms with Crippen molar-refractivity contribution in [2.45, 2.75) is 371 Å². The molecule has 72 heavy (non-hydrogen) atoms. The van der Waals surface area contributed by atoms with Gasteiger partial charge in [0.05, 0.1) is 25.4 Å². The largest absolute Gasteiger partial charge is 0.394 e. The van der Waals surface area contributed by atoms with Crippen molar-refractivity contribution in [3.63, 3.8) is 0 Å². The third-order valence-electron chi connectivity index (χ3n) is 15.6. The first-order valence-corrected chi connectivity index (χ1v) is 31.9. The highest BCUT2D eigenvalue weighted by molar-refractivity contribution is 5.76. The molecule has 0 radical (unpaired) electrons. The molecule has 1 saturated heterocycles. The Kier molecular flexibility index (Phi) is 51.1. The van der Waals surface area contributed by atoms with Crippen LogP contribution < -0.4 is 5.32 Å². The Morgan fingerprint density at radius 2 is 0.778 bits per heavy atom. The summed E-state index contributed by atoms with van der Waals surface area (Å²) in [7, 11) is 0. The molecule has 6 N–H and O–H groups in total. The number of nitrogens with one attached hydrogen (secondary N) is 1. The molecule has 0 spiro atoms. The Bertz CT molecular complexity index is 1140. The molecule has 0 aromatic heterocycles. The zero-order valence-electron chi connectivity index (χ0n) is 47.7. The number of hydrogen-bond donors (Lipinski definition) is 6. The van der Waals surface area contributed by atoms with Crippen LogP contribution in [0.1, 0.15) is 328 Å². The zero-order chi connectivity index (χ0) is 52.2. The number of carbonyl (C=O) groups is 1. The third kappa shape index (κ3) is 42.1. The predicted molar refractivity (Wildman–Crippen MR) is 304 cm³/mol. The third-order valence-corrected chi connectivity index (χ3v) is 15.6. The van der Waals surface area contributed by atoms with Crippen LogP contribution in [0, 0.1) is 0 Å². The van der Waals surface area contributed by atoms with E-state index in [1.807, 2.05) is 0 Å². The van der Waals surface area contributed by atoms with E-state index < -0.39 is 49.5 Å². The topological polar surface area (TPSA) is 149 Å². The fourth-order valence-electron chi connectivity index (χ4n) is 10.6. The molecule has 1 amide bonds. The second-order valence-corrected chi connectivity index (χ2v) is 22.6. The first-order chi connectivity index (χ1) is 35.3. The Hall–Kier alpha value is -1.07. The molecule has 1 rings (SSSR count). The van der Waals surface area contributed by atoms with Crippen LogP contribution in [-0.4, -0.2) is 87.5 Å². The zero-order valence-corrected chi connectivity index (χ0v) is 47.7. The van der Waals surface area contributed by atoms with E-state index in [9.17, 15) is 30.3 Å². The van der Waals surface area contributed by atoms with E-state index in [1.165, 1.54) is 263 Å². The Morgan fingerprint density at radius 1 is 0.458 bits per heavy atom. The lowest BCUT2D eigenvalue weighted by molar-refractivity contribution is -0.302. The number of rotatable bonds is 56. The Morgan fingerprint density at radius 3 is 1.12 bits per heavy atom. The normalized spacial score (nSPS) is 19.1. The van der Waals surface area contributed by atoms with Crippen molar-refractivity contribution < 1.29 is 39.8 Å². The molecule has 428 valence electrons. The molecule has 9 nitrogen and oxygen atoms in total. The molecular formula is C63H123NO8. The van der Waals surface area contributed by atoms with Gasteiger partial charge in [-0.15, -0.1) is 0 Å². The quantitative estimate of drug-likeness (QED) is 0.0261. The van der Waals surface area contributed by atoms with Crippen LogP contribution in [0.5, 0.6) is 0 Å². The van der Waals surface area contributed by atoms with Crippen molar-refractivity contribution >= 4 is 5.91 Å². The van der Waals surface area contributed by atoms with Crippen LogP contribution in [0.3, 0.4) is 0 Å². The van der Waals surface area contributed by atoms with Gasteiger partial charge in [0.1, 0.15) is 24.4 Å². The molecule has 1 fully saturated rings. The Balaban J connectivity index is 2.14. The summed E-state index contributed by atoms with van der Waals surface area (Å²) < 4.78 is 11.3. The standard InChI is InChI=1S/C63H123NO8/c1-3-5-7-9-11-13-15-17-19-21-23-25-26-27-28-29-30-31-33-35-37-39-41-43-45-47-49-51-53-59(67)64-56(55-71-63-62(70)61(69)60(68)58(54-65)72-63)57(66)52-50-48-46-44-42-40-38-36-34-32-24-22-20-18-16-14-12-10-8-6-4-2/h27-28,56-58,60-63,65-66,68-70H,3-26,29-55H2,1-2H3,(H,64,67)/b28-27-. The number of ether oxygens (including phenoxy) is 2. The van der Waals surface area contributed by atoms with Crippen molar-refractivity contribution in [1.29, 1.82) is 0 Å². The number of unbranched alkanes of at least 4 members (excludes halogenated alkanes) is 44. The highest BCUT2D eigenvalue weighted by Crippen LogP contribution is 2.24. The van der Waals surface area contributed by atoms with Crippen molar-refractivity contribution in [1.82, 2.24) is 5.32 Å². The fourth-order valence-corrected chi connectivity index (χ4v) is 10.6. The second-order valence-electron chi connectivity index (χ2n) is 22.6. The van der Waals surface area contributed by atoms with Crippen molar-refractivity contribution in [2.24, 2.45) is 0 Å². The maximum atomic E-state index is 13.1. The minimum Gasteiger partial charge on any atom is -0.394 e. The van der Waals surface area contributed by atoms with Gasteiger partial charge in [-0.3, -0.25) is 4.79 Å². The molecule has 0 aliphatic carbocycles. The van der Waals surface area contributed by atoms with E-state index in [2.05, 4.69) is 31.3 Å². The number of amides is 1. The molecule has 9 heteroatoms. The maximum Gasteiger partial charge on any atom is 0.220 e. The minimum absolute atomic E-state index is 0.133. The van der Waals surface area contributed by atoms with Gasteiger partial charge in [-0.25, -0.2) is 0 Å². The number of hydrogen-bond acceptors (Lipinski definition) is 8. The van der Waals surface area contributed by atoms with E-state index in [1.54, 1.807) is 0 Å². The van der Waals surface area contributed by atoms with Crippen LogP contribution in [0.4, 0.5) is 0 Å². The van der Waals surface area contributed by atoms with Crippen LogP contribution in [0.25, 0.3) is 0 Å². The van der Waals surface area contributed by atoms with E-state index >= 15 is 0 Å². The van der Waals surface area contributed by atoms with Gasteiger partial charge in [-0.05, 0) is 38.5 Å². The molecular weight excluding hydrogens is 899 g/mol. The number of allylic oxidation sites excluding steroid dienone is 2. The summed E-state index contributed by atoms with van der Waals surface area (Å²) in [4.78, 5) is 13.1. The number of aliphatic hydroxyl groups excluding tert-OH is 5. The molecule has 0 aromatic rings. The van der Waals surface area contributed by atoms with Gasteiger partial charge in [-0.2, -0.15) is 0 Å². The molecule has 0 aromatic carbocycles. The van der Waals surface area contributed by atoms with Crippen molar-refractivity contribution in [3.05, 3.63) is 12.2 Å². The number of carbonyl (C=O) groups excluding carboxylic acids is 1. The molecule has 7 unspecified atom stereocenters. The Labute approximate surface area is 446 Å². The van der Waals surface area contributed by atoms with Crippen molar-refractivity contribution in [3.8, 4) is 0 Å². The predicted octanol–water partition coefficient (Wildman–Crippen LogP) is 16.4. The van der Waals surface area contributed by atoms with Gasteiger partial charge in [0, 0.05) is 6.42 Å². The molecule has 0 bridgehead atoms. The molecule has 1 heterocycles. The van der Waals surface area contributed by atoms with E-state index in [0.717, 1.165) is 38.5 Å². The summed E-state index contributed by atoms with van der Waals surface area (Å²) in [5.74, 6) is -0.138. The van der Waals surface area contributed by atoms with Gasteiger partial charge in [0.15, 0.2) is 6.29 Å². The van der Waals surface area contributed by atoms with Crippen LogP contribution >= 0.6 is 0 Å².